The highest BCUT2D eigenvalue weighted by Gasteiger charge is 2.61. The van der Waals surface area contributed by atoms with Gasteiger partial charge in [-0.1, -0.05) is 59.7 Å². The molecule has 4 nitrogen and oxygen atoms in total. The predicted molar refractivity (Wildman–Crippen MR) is 167 cm³/mol. The van der Waals surface area contributed by atoms with Crippen molar-refractivity contribution >= 4 is 9.84 Å². The van der Waals surface area contributed by atoms with Gasteiger partial charge in [0.15, 0.2) is 9.84 Å². The maximum atomic E-state index is 14.0. The Morgan fingerprint density at radius 2 is 1.54 bits per heavy atom. The topological polar surface area (TPSA) is 74.6 Å². The molecule has 1 aromatic carbocycles. The minimum Gasteiger partial charge on any atom is -0.393 e. The van der Waals surface area contributed by atoms with Gasteiger partial charge in [0.2, 0.25) is 0 Å². The van der Waals surface area contributed by atoms with Gasteiger partial charge in [0.25, 0.3) is 0 Å². The number of hydrogen-bond donors (Lipinski definition) is 2. The quantitative estimate of drug-likeness (QED) is 0.339. The Balaban J connectivity index is 1.36. The second-order valence-corrected chi connectivity index (χ2v) is 19.1. The largest absolute Gasteiger partial charge is 0.393 e. The first-order chi connectivity index (χ1) is 19.0. The highest BCUT2D eigenvalue weighted by atomic mass is 32.2. The van der Waals surface area contributed by atoms with E-state index in [1.54, 1.807) is 24.3 Å². The number of fused-ring (bicyclic) bond motifs is 5. The summed E-state index contributed by atoms with van der Waals surface area (Å²) < 4.78 is 28.0. The van der Waals surface area contributed by atoms with Crippen molar-refractivity contribution in [1.82, 2.24) is 0 Å². The molecule has 5 rings (SSSR count). The molecule has 0 heterocycles. The summed E-state index contributed by atoms with van der Waals surface area (Å²) in [5, 5.41) is 21.4. The summed E-state index contributed by atoms with van der Waals surface area (Å²) >= 11 is 0. The van der Waals surface area contributed by atoms with E-state index in [4.69, 9.17) is 0 Å². The van der Waals surface area contributed by atoms with Gasteiger partial charge in [0.05, 0.1) is 21.9 Å². The lowest BCUT2D eigenvalue weighted by atomic mass is 9.43. The first kappa shape index (κ1) is 31.5. The SMILES string of the molecule is C[C@H](CC(C[C@H](O)C(C)(C)C)S(=O)(=O)c1ccccc1)[C@H]1CC[C@H]2[C@@H]3CC[C@H]4C[C@@](C)(O)CC[C@]4(C)[C@H]3CC[C@]12C. The Hall–Kier alpha value is -0.910. The zero-order valence-corrected chi connectivity index (χ0v) is 27.7. The van der Waals surface area contributed by atoms with Gasteiger partial charge >= 0.3 is 0 Å². The Morgan fingerprint density at radius 3 is 2.20 bits per heavy atom. The molecule has 11 atom stereocenters. The zero-order chi connectivity index (χ0) is 30.0. The van der Waals surface area contributed by atoms with Crippen LogP contribution in [0.5, 0.6) is 0 Å². The lowest BCUT2D eigenvalue weighted by Crippen LogP contribution is -2.55. The Morgan fingerprint density at radius 1 is 0.878 bits per heavy atom. The van der Waals surface area contributed by atoms with Crippen molar-refractivity contribution in [2.24, 2.45) is 51.8 Å². The molecule has 232 valence electrons. The van der Waals surface area contributed by atoms with Gasteiger partial charge < -0.3 is 10.2 Å². The van der Waals surface area contributed by atoms with Crippen LogP contribution in [0.25, 0.3) is 0 Å². The molecule has 0 aliphatic heterocycles. The Bertz CT molecular complexity index is 1170. The van der Waals surface area contributed by atoms with Gasteiger partial charge in [0, 0.05) is 0 Å². The normalized spacial score (nSPS) is 41.5. The average Bonchev–Trinajstić information content (AvgIpc) is 3.26. The number of aliphatic hydroxyl groups is 2. The van der Waals surface area contributed by atoms with E-state index in [2.05, 4.69) is 20.8 Å². The molecule has 5 heteroatoms. The summed E-state index contributed by atoms with van der Waals surface area (Å²) in [4.78, 5) is 0.380. The van der Waals surface area contributed by atoms with Crippen molar-refractivity contribution in [3.05, 3.63) is 30.3 Å². The lowest BCUT2D eigenvalue weighted by Gasteiger charge is -2.62. The van der Waals surface area contributed by atoms with Gasteiger partial charge in [-0.25, -0.2) is 8.42 Å². The molecule has 0 bridgehead atoms. The van der Waals surface area contributed by atoms with Gasteiger partial charge in [-0.05, 0) is 141 Å². The Labute approximate surface area is 251 Å². The highest BCUT2D eigenvalue weighted by Crippen LogP contribution is 2.69. The van der Waals surface area contributed by atoms with E-state index < -0.39 is 26.8 Å². The fraction of sp³-hybridized carbons (Fsp3) is 0.833. The van der Waals surface area contributed by atoms with Crippen molar-refractivity contribution in [3.63, 3.8) is 0 Å². The van der Waals surface area contributed by atoms with Crippen molar-refractivity contribution in [3.8, 4) is 0 Å². The van der Waals surface area contributed by atoms with E-state index in [1.165, 1.54) is 38.5 Å². The van der Waals surface area contributed by atoms with Crippen LogP contribution in [0.1, 0.15) is 119 Å². The summed E-state index contributed by atoms with van der Waals surface area (Å²) in [5.74, 6) is 3.70. The lowest BCUT2D eigenvalue weighted by molar-refractivity contribution is -0.148. The first-order valence-electron chi connectivity index (χ1n) is 16.7. The molecular formula is C36H58O4S. The monoisotopic (exact) mass is 586 g/mol. The van der Waals surface area contributed by atoms with E-state index >= 15 is 0 Å². The molecule has 4 fully saturated rings. The van der Waals surface area contributed by atoms with Crippen LogP contribution in [0, 0.1) is 51.8 Å². The van der Waals surface area contributed by atoms with Crippen LogP contribution in [-0.2, 0) is 9.84 Å². The molecule has 0 saturated heterocycles. The van der Waals surface area contributed by atoms with Crippen LogP contribution in [0.2, 0.25) is 0 Å². The molecule has 0 radical (unpaired) electrons. The molecule has 1 unspecified atom stereocenters. The van der Waals surface area contributed by atoms with Crippen molar-refractivity contribution in [2.75, 3.05) is 0 Å². The summed E-state index contributed by atoms with van der Waals surface area (Å²) in [7, 11) is -3.56. The van der Waals surface area contributed by atoms with Crippen molar-refractivity contribution in [2.45, 2.75) is 141 Å². The third-order valence-electron chi connectivity index (χ3n) is 13.3. The number of benzene rings is 1. The summed E-state index contributed by atoms with van der Waals surface area (Å²) in [6.07, 6.45) is 10.8. The summed E-state index contributed by atoms with van der Waals surface area (Å²) in [6.45, 7) is 15.5. The van der Waals surface area contributed by atoms with Crippen LogP contribution in [-0.4, -0.2) is 35.6 Å². The minimum atomic E-state index is -3.56. The smallest absolute Gasteiger partial charge is 0.181 e. The summed E-state index contributed by atoms with van der Waals surface area (Å²) in [5.41, 5.74) is -0.245. The van der Waals surface area contributed by atoms with Crippen molar-refractivity contribution < 1.29 is 18.6 Å². The summed E-state index contributed by atoms with van der Waals surface area (Å²) in [6, 6.07) is 8.90. The predicted octanol–water partition coefficient (Wildman–Crippen LogP) is 8.06. The standard InChI is InChI=1S/C36H58O4S/c1-24(21-27(22-32(37)33(2,3)4)41(39,40)26-11-9-8-10-12-26)29-15-16-30-28-14-13-25-23-34(5,38)19-20-35(25,6)31(28)17-18-36(29,30)7/h8-12,24-25,27-32,37-38H,13-23H2,1-7H3/t24-,25+,27?,28+,29-,30+,31+,32+,34+,35+,36-/m1/s1. The van der Waals surface area contributed by atoms with Gasteiger partial charge in [0.1, 0.15) is 0 Å². The fourth-order valence-corrected chi connectivity index (χ4v) is 12.7. The van der Waals surface area contributed by atoms with E-state index in [-0.39, 0.29) is 23.2 Å². The Kier molecular flexibility index (Phi) is 8.39. The molecule has 1 aromatic rings. The highest BCUT2D eigenvalue weighted by molar-refractivity contribution is 7.92. The van der Waals surface area contributed by atoms with E-state index in [1.807, 2.05) is 33.8 Å². The third-order valence-corrected chi connectivity index (χ3v) is 15.5. The second-order valence-electron chi connectivity index (χ2n) is 16.9. The van der Waals surface area contributed by atoms with Crippen molar-refractivity contribution in [1.29, 1.82) is 0 Å². The zero-order valence-electron chi connectivity index (χ0n) is 26.9. The third kappa shape index (κ3) is 5.70. The number of rotatable bonds is 7. The molecular weight excluding hydrogens is 528 g/mol. The molecule has 4 aliphatic carbocycles. The fourth-order valence-electron chi connectivity index (χ4n) is 10.7. The van der Waals surface area contributed by atoms with E-state index in [0.717, 1.165) is 37.0 Å². The number of hydrogen-bond acceptors (Lipinski definition) is 4. The number of sulfone groups is 1. The van der Waals surface area contributed by atoms with Crippen LogP contribution >= 0.6 is 0 Å². The molecule has 0 aromatic heterocycles. The average molecular weight is 587 g/mol. The molecule has 41 heavy (non-hydrogen) atoms. The van der Waals surface area contributed by atoms with E-state index in [0.29, 0.717) is 28.6 Å². The van der Waals surface area contributed by atoms with Gasteiger partial charge in [-0.2, -0.15) is 0 Å². The van der Waals surface area contributed by atoms with Crippen LogP contribution < -0.4 is 0 Å². The van der Waals surface area contributed by atoms with Crippen LogP contribution in [0.3, 0.4) is 0 Å². The second kappa shape index (κ2) is 10.9. The number of aliphatic hydroxyl groups excluding tert-OH is 1. The molecule has 2 N–H and O–H groups in total. The molecule has 4 saturated carbocycles. The molecule has 4 aliphatic rings. The van der Waals surface area contributed by atoms with Gasteiger partial charge in [-0.3, -0.25) is 0 Å². The maximum Gasteiger partial charge on any atom is 0.181 e. The molecule has 0 amide bonds. The van der Waals surface area contributed by atoms with Gasteiger partial charge in [-0.15, -0.1) is 0 Å². The first-order valence-corrected chi connectivity index (χ1v) is 18.2. The maximum absolute atomic E-state index is 14.0. The van der Waals surface area contributed by atoms with Crippen LogP contribution in [0.4, 0.5) is 0 Å². The van der Waals surface area contributed by atoms with Crippen LogP contribution in [0.15, 0.2) is 35.2 Å². The van der Waals surface area contributed by atoms with E-state index in [9.17, 15) is 18.6 Å². The molecule has 0 spiro atoms. The minimum absolute atomic E-state index is 0.258.